The second kappa shape index (κ2) is 9.04. The zero-order valence-electron chi connectivity index (χ0n) is 18.3. The van der Waals surface area contributed by atoms with E-state index in [1.165, 1.54) is 40.6 Å². The Morgan fingerprint density at radius 3 is 2.69 bits per heavy atom. The van der Waals surface area contributed by atoms with E-state index in [2.05, 4.69) is 18.3 Å². The van der Waals surface area contributed by atoms with Crippen LogP contribution in [0.15, 0.2) is 53.6 Å². The Morgan fingerprint density at radius 2 is 1.88 bits per heavy atom. The molecule has 5 rings (SSSR count). The molecule has 2 heterocycles. The summed E-state index contributed by atoms with van der Waals surface area (Å²) in [6, 6.07) is 16.2. The van der Waals surface area contributed by atoms with Crippen LogP contribution in [0.3, 0.4) is 0 Å². The van der Waals surface area contributed by atoms with Crippen LogP contribution in [0.2, 0.25) is 0 Å². The number of hydrogen-bond donors (Lipinski definition) is 1. The number of nitrogens with one attached hydrogen (secondary N) is 1. The Hall–Kier alpha value is -2.70. The van der Waals surface area contributed by atoms with Crippen LogP contribution < -0.4 is 5.32 Å². The van der Waals surface area contributed by atoms with Gasteiger partial charge in [0.2, 0.25) is 5.91 Å². The van der Waals surface area contributed by atoms with E-state index < -0.39 is 0 Å². The van der Waals surface area contributed by atoms with E-state index in [-0.39, 0.29) is 5.91 Å². The molecule has 4 aromatic rings. The van der Waals surface area contributed by atoms with Gasteiger partial charge >= 0.3 is 0 Å². The quantitative estimate of drug-likeness (QED) is 0.270. The molecule has 1 aliphatic rings. The summed E-state index contributed by atoms with van der Waals surface area (Å²) >= 11 is 3.31. The van der Waals surface area contributed by atoms with Crippen LogP contribution in [0.4, 0.5) is 5.69 Å². The molecule has 0 aliphatic heterocycles. The van der Waals surface area contributed by atoms with E-state index in [4.69, 9.17) is 9.97 Å². The van der Waals surface area contributed by atoms with E-state index >= 15 is 0 Å². The first-order chi connectivity index (χ1) is 15.6. The molecule has 6 heteroatoms. The number of aryl methyl sites for hydroxylation is 4. The summed E-state index contributed by atoms with van der Waals surface area (Å²) in [5, 5.41) is 5.14. The Morgan fingerprint density at radius 1 is 1.06 bits per heavy atom. The predicted molar refractivity (Wildman–Crippen MR) is 135 cm³/mol. The molecule has 0 radical (unpaired) electrons. The number of carbonyl (C=O) groups excluding carboxylic acids is 1. The van der Waals surface area contributed by atoms with Gasteiger partial charge in [0.05, 0.1) is 5.75 Å². The van der Waals surface area contributed by atoms with Gasteiger partial charge in [-0.05, 0) is 56.7 Å². The normalized spacial score (nSPS) is 13.2. The fraction of sp³-hybridized carbons (Fsp3) is 0.269. The maximum Gasteiger partial charge on any atom is 0.234 e. The first kappa shape index (κ1) is 21.2. The molecule has 32 heavy (non-hydrogen) atoms. The van der Waals surface area contributed by atoms with Crippen LogP contribution >= 0.6 is 23.1 Å². The number of carbonyl (C=O) groups is 1. The summed E-state index contributed by atoms with van der Waals surface area (Å²) in [5.74, 6) is 1.03. The number of anilines is 1. The fourth-order valence-electron chi connectivity index (χ4n) is 4.22. The highest BCUT2D eigenvalue weighted by Gasteiger charge is 2.22. The largest absolute Gasteiger partial charge is 0.325 e. The van der Waals surface area contributed by atoms with Gasteiger partial charge in [0.25, 0.3) is 0 Å². The lowest BCUT2D eigenvalue weighted by atomic mass is 9.97. The molecular weight excluding hydrogens is 434 g/mol. The van der Waals surface area contributed by atoms with E-state index in [9.17, 15) is 4.79 Å². The molecule has 0 atom stereocenters. The fourth-order valence-corrected chi connectivity index (χ4v) is 6.40. The van der Waals surface area contributed by atoms with Crippen molar-refractivity contribution in [2.75, 3.05) is 11.1 Å². The van der Waals surface area contributed by atoms with E-state index in [1.54, 1.807) is 11.3 Å². The summed E-state index contributed by atoms with van der Waals surface area (Å²) in [7, 11) is 0. The third-order valence-electron chi connectivity index (χ3n) is 5.81. The summed E-state index contributed by atoms with van der Waals surface area (Å²) in [6.45, 7) is 4.08. The highest BCUT2D eigenvalue weighted by atomic mass is 32.2. The maximum atomic E-state index is 12.8. The van der Waals surface area contributed by atoms with Gasteiger partial charge in [-0.1, -0.05) is 59.8 Å². The first-order valence-electron chi connectivity index (χ1n) is 11.0. The SMILES string of the molecule is Cc1ccc(NC(=O)CSc2nc(-c3ccccc3)nc3sc4c(c23)CCCC4)c(C)c1. The molecule has 0 saturated heterocycles. The van der Waals surface area contributed by atoms with Crippen molar-refractivity contribution in [3.63, 3.8) is 0 Å². The highest BCUT2D eigenvalue weighted by molar-refractivity contribution is 8.00. The van der Waals surface area contributed by atoms with Crippen LogP contribution in [-0.4, -0.2) is 21.6 Å². The number of aromatic nitrogens is 2. The van der Waals surface area contributed by atoms with E-state index in [0.717, 1.165) is 50.7 Å². The Balaban J connectivity index is 1.46. The summed E-state index contributed by atoms with van der Waals surface area (Å²) in [5.41, 5.74) is 5.53. The van der Waals surface area contributed by atoms with E-state index in [1.807, 2.05) is 49.4 Å². The van der Waals surface area contributed by atoms with Crippen LogP contribution in [0.1, 0.15) is 34.4 Å². The molecule has 0 fully saturated rings. The minimum Gasteiger partial charge on any atom is -0.325 e. The van der Waals surface area contributed by atoms with Gasteiger partial charge < -0.3 is 5.32 Å². The van der Waals surface area contributed by atoms with Gasteiger partial charge in [0.15, 0.2) is 5.82 Å². The van der Waals surface area contributed by atoms with Gasteiger partial charge in [-0.25, -0.2) is 9.97 Å². The minimum absolute atomic E-state index is 0.0147. The number of benzene rings is 2. The molecule has 162 valence electrons. The van der Waals surface area contributed by atoms with Gasteiger partial charge in [-0.2, -0.15) is 0 Å². The Bertz CT molecular complexity index is 1300. The molecule has 1 amide bonds. The van der Waals surface area contributed by atoms with Crippen molar-refractivity contribution in [3.8, 4) is 11.4 Å². The second-order valence-corrected chi connectivity index (χ2v) is 10.3. The third kappa shape index (κ3) is 4.30. The minimum atomic E-state index is -0.0147. The van der Waals surface area contributed by atoms with Crippen LogP contribution in [0.5, 0.6) is 0 Å². The zero-order valence-corrected chi connectivity index (χ0v) is 19.9. The Labute approximate surface area is 196 Å². The zero-order chi connectivity index (χ0) is 22.1. The number of hydrogen-bond acceptors (Lipinski definition) is 5. The third-order valence-corrected chi connectivity index (χ3v) is 7.97. The lowest BCUT2D eigenvalue weighted by Gasteiger charge is -2.12. The lowest BCUT2D eigenvalue weighted by molar-refractivity contribution is -0.113. The predicted octanol–water partition coefficient (Wildman–Crippen LogP) is 6.58. The standard InChI is InChI=1S/C26H25N3OS2/c1-16-12-13-20(17(2)14-16)27-22(30)15-31-25-23-19-10-6-7-11-21(19)32-26(23)29-24(28-25)18-8-4-3-5-9-18/h3-5,8-9,12-14H,6-7,10-11,15H2,1-2H3,(H,27,30). The molecule has 0 saturated carbocycles. The second-order valence-electron chi connectivity index (χ2n) is 8.26. The number of amides is 1. The van der Waals surface area contributed by atoms with E-state index in [0.29, 0.717) is 5.75 Å². The highest BCUT2D eigenvalue weighted by Crippen LogP contribution is 2.40. The van der Waals surface area contributed by atoms with Gasteiger partial charge in [0.1, 0.15) is 9.86 Å². The number of rotatable bonds is 5. The van der Waals surface area contributed by atoms with Crippen molar-refractivity contribution in [1.82, 2.24) is 9.97 Å². The number of thiophene rings is 1. The molecule has 2 aromatic heterocycles. The first-order valence-corrected chi connectivity index (χ1v) is 12.8. The van der Waals surface area contributed by atoms with Crippen molar-refractivity contribution < 1.29 is 4.79 Å². The molecule has 4 nitrogen and oxygen atoms in total. The number of nitrogens with zero attached hydrogens (tertiary/aromatic N) is 2. The average Bonchev–Trinajstić information content (AvgIpc) is 3.18. The smallest absolute Gasteiger partial charge is 0.234 e. The topological polar surface area (TPSA) is 54.9 Å². The van der Waals surface area contributed by atoms with Crippen molar-refractivity contribution in [2.45, 2.75) is 44.6 Å². The molecule has 1 aliphatic carbocycles. The van der Waals surface area contributed by atoms with Crippen molar-refractivity contribution in [1.29, 1.82) is 0 Å². The molecule has 2 aromatic carbocycles. The Kier molecular flexibility index (Phi) is 5.98. The van der Waals surface area contributed by atoms with Crippen molar-refractivity contribution in [2.24, 2.45) is 0 Å². The summed E-state index contributed by atoms with van der Waals surface area (Å²) in [6.07, 6.45) is 4.64. The summed E-state index contributed by atoms with van der Waals surface area (Å²) < 4.78 is 0. The van der Waals surface area contributed by atoms with Gasteiger partial charge in [-0.15, -0.1) is 11.3 Å². The monoisotopic (exact) mass is 459 g/mol. The maximum absolute atomic E-state index is 12.8. The van der Waals surface area contributed by atoms with Gasteiger partial charge in [0, 0.05) is 21.5 Å². The summed E-state index contributed by atoms with van der Waals surface area (Å²) in [4.78, 5) is 25.1. The molecule has 0 bridgehead atoms. The average molecular weight is 460 g/mol. The lowest BCUT2D eigenvalue weighted by Crippen LogP contribution is -2.15. The van der Waals surface area contributed by atoms with Crippen LogP contribution in [-0.2, 0) is 17.6 Å². The molecule has 0 unspecified atom stereocenters. The van der Waals surface area contributed by atoms with Crippen molar-refractivity contribution in [3.05, 3.63) is 70.1 Å². The van der Waals surface area contributed by atoms with Crippen LogP contribution in [0, 0.1) is 13.8 Å². The molecule has 1 N–H and O–H groups in total. The van der Waals surface area contributed by atoms with Gasteiger partial charge in [-0.3, -0.25) is 4.79 Å². The number of thioether (sulfide) groups is 1. The molecule has 0 spiro atoms. The van der Waals surface area contributed by atoms with Crippen molar-refractivity contribution >= 4 is 44.9 Å². The number of fused-ring (bicyclic) bond motifs is 3. The van der Waals surface area contributed by atoms with Crippen LogP contribution in [0.25, 0.3) is 21.6 Å². The molecular formula is C26H25N3OS2.